The first-order valence-corrected chi connectivity index (χ1v) is 4.98. The topological polar surface area (TPSA) is 42.2 Å². The number of furan rings is 1. The maximum absolute atomic E-state index is 11.6. The Labute approximate surface area is 89.9 Å². The molecule has 0 aliphatic carbocycles. The number of nitrogens with one attached hydrogen (secondary N) is 1. The summed E-state index contributed by atoms with van der Waals surface area (Å²) in [5.41, 5.74) is 0. The van der Waals surface area contributed by atoms with Crippen molar-refractivity contribution in [1.82, 2.24) is 5.32 Å². The molecule has 80 valence electrons. The van der Waals surface area contributed by atoms with Crippen LogP contribution in [0.1, 0.15) is 36.1 Å². The Balaban J connectivity index is 2.59. The number of carbonyl (C=O) groups is 1. The highest BCUT2D eigenvalue weighted by Crippen LogP contribution is 2.07. The highest BCUT2D eigenvalue weighted by Gasteiger charge is 2.13. The lowest BCUT2D eigenvalue weighted by molar-refractivity contribution is 0.0907. The minimum absolute atomic E-state index is 0.0212. The minimum atomic E-state index is -0.204. The summed E-state index contributed by atoms with van der Waals surface area (Å²) in [5.74, 6) is 3.39. The first-order valence-electron chi connectivity index (χ1n) is 4.98. The van der Waals surface area contributed by atoms with Crippen LogP contribution >= 0.6 is 0 Å². The molecule has 15 heavy (non-hydrogen) atoms. The second-order valence-corrected chi connectivity index (χ2v) is 3.40. The number of hydrogen-bond donors (Lipinski definition) is 1. The van der Waals surface area contributed by atoms with Gasteiger partial charge in [0.15, 0.2) is 5.76 Å². The summed E-state index contributed by atoms with van der Waals surface area (Å²) in [6.07, 6.45) is 6.56. The van der Waals surface area contributed by atoms with Crippen LogP contribution in [-0.2, 0) is 0 Å². The van der Waals surface area contributed by atoms with Crippen LogP contribution in [-0.4, -0.2) is 11.9 Å². The van der Waals surface area contributed by atoms with Gasteiger partial charge < -0.3 is 9.73 Å². The Morgan fingerprint density at radius 3 is 2.87 bits per heavy atom. The van der Waals surface area contributed by atoms with E-state index in [1.807, 2.05) is 6.92 Å². The molecular formula is C12H15NO2. The van der Waals surface area contributed by atoms with Crippen LogP contribution in [0.25, 0.3) is 0 Å². The van der Waals surface area contributed by atoms with Gasteiger partial charge in [0.1, 0.15) is 5.76 Å². The fraction of sp³-hybridized carbons (Fsp3) is 0.417. The summed E-state index contributed by atoms with van der Waals surface area (Å²) >= 11 is 0. The van der Waals surface area contributed by atoms with Crippen molar-refractivity contribution in [3.63, 3.8) is 0 Å². The Bertz CT molecular complexity index is 373. The molecule has 1 N–H and O–H groups in total. The van der Waals surface area contributed by atoms with Crippen LogP contribution in [0, 0.1) is 19.3 Å². The fourth-order valence-corrected chi connectivity index (χ4v) is 1.25. The number of rotatable bonds is 4. The second kappa shape index (κ2) is 5.26. The first kappa shape index (κ1) is 11.4. The van der Waals surface area contributed by atoms with Gasteiger partial charge >= 0.3 is 0 Å². The van der Waals surface area contributed by atoms with Gasteiger partial charge in [0.2, 0.25) is 0 Å². The largest absolute Gasteiger partial charge is 0.456 e. The fourth-order valence-electron chi connectivity index (χ4n) is 1.25. The van der Waals surface area contributed by atoms with E-state index in [4.69, 9.17) is 10.8 Å². The monoisotopic (exact) mass is 205 g/mol. The van der Waals surface area contributed by atoms with Crippen molar-refractivity contribution >= 4 is 5.91 Å². The third-order valence-electron chi connectivity index (χ3n) is 2.16. The molecular weight excluding hydrogens is 190 g/mol. The number of hydrogen-bond acceptors (Lipinski definition) is 2. The zero-order valence-electron chi connectivity index (χ0n) is 9.04. The zero-order chi connectivity index (χ0) is 11.3. The molecule has 0 fully saturated rings. The molecule has 3 nitrogen and oxygen atoms in total. The van der Waals surface area contributed by atoms with Crippen molar-refractivity contribution < 1.29 is 9.21 Å². The summed E-state index contributed by atoms with van der Waals surface area (Å²) in [7, 11) is 0. The average molecular weight is 205 g/mol. The van der Waals surface area contributed by atoms with Crippen LogP contribution in [0.3, 0.4) is 0 Å². The van der Waals surface area contributed by atoms with Crippen molar-refractivity contribution in [3.05, 3.63) is 23.7 Å². The van der Waals surface area contributed by atoms with Gasteiger partial charge in [-0.25, -0.2) is 0 Å². The van der Waals surface area contributed by atoms with Crippen molar-refractivity contribution in [2.24, 2.45) is 0 Å². The van der Waals surface area contributed by atoms with E-state index in [0.29, 0.717) is 12.2 Å². The van der Waals surface area contributed by atoms with Crippen LogP contribution < -0.4 is 5.32 Å². The Morgan fingerprint density at radius 1 is 1.67 bits per heavy atom. The maximum atomic E-state index is 11.6. The molecule has 1 amide bonds. The van der Waals surface area contributed by atoms with Gasteiger partial charge in [-0.05, 0) is 25.5 Å². The minimum Gasteiger partial charge on any atom is -0.456 e. The zero-order valence-corrected chi connectivity index (χ0v) is 9.04. The molecule has 0 saturated carbocycles. The van der Waals surface area contributed by atoms with Gasteiger partial charge in [0.25, 0.3) is 5.91 Å². The lowest BCUT2D eigenvalue weighted by Crippen LogP contribution is -2.33. The third-order valence-corrected chi connectivity index (χ3v) is 2.16. The van der Waals surface area contributed by atoms with E-state index in [1.54, 1.807) is 19.1 Å². The SMILES string of the molecule is C#CCC(CC)NC(=O)c1ccc(C)o1. The summed E-state index contributed by atoms with van der Waals surface area (Å²) in [6, 6.07) is 3.44. The lowest BCUT2D eigenvalue weighted by Gasteiger charge is -2.12. The maximum Gasteiger partial charge on any atom is 0.287 e. The molecule has 1 aromatic heterocycles. The van der Waals surface area contributed by atoms with E-state index < -0.39 is 0 Å². The summed E-state index contributed by atoms with van der Waals surface area (Å²) in [5, 5.41) is 2.82. The number of amides is 1. The van der Waals surface area contributed by atoms with Gasteiger partial charge in [-0.3, -0.25) is 4.79 Å². The van der Waals surface area contributed by atoms with Crippen molar-refractivity contribution in [3.8, 4) is 12.3 Å². The standard InChI is InChI=1S/C12H15NO2/c1-4-6-10(5-2)13-12(14)11-8-7-9(3)15-11/h1,7-8,10H,5-6H2,2-3H3,(H,13,14). The number of aryl methyl sites for hydroxylation is 1. The quantitative estimate of drug-likeness (QED) is 0.765. The Hall–Kier alpha value is -1.69. The van der Waals surface area contributed by atoms with E-state index in [9.17, 15) is 4.79 Å². The average Bonchev–Trinajstić information content (AvgIpc) is 2.64. The van der Waals surface area contributed by atoms with Gasteiger partial charge in [-0.2, -0.15) is 0 Å². The molecule has 3 heteroatoms. The second-order valence-electron chi connectivity index (χ2n) is 3.40. The summed E-state index contributed by atoms with van der Waals surface area (Å²) < 4.78 is 5.21. The Kier molecular flexibility index (Phi) is 3.99. The van der Waals surface area contributed by atoms with Crippen LogP contribution in [0.4, 0.5) is 0 Å². The lowest BCUT2D eigenvalue weighted by atomic mass is 10.1. The molecule has 1 heterocycles. The van der Waals surface area contributed by atoms with Gasteiger partial charge in [-0.1, -0.05) is 6.92 Å². The molecule has 1 unspecified atom stereocenters. The predicted octanol–water partition coefficient (Wildman–Crippen LogP) is 2.12. The van der Waals surface area contributed by atoms with Gasteiger partial charge in [0, 0.05) is 12.5 Å². The van der Waals surface area contributed by atoms with E-state index >= 15 is 0 Å². The van der Waals surface area contributed by atoms with Crippen LogP contribution in [0.5, 0.6) is 0 Å². The van der Waals surface area contributed by atoms with E-state index in [-0.39, 0.29) is 11.9 Å². The highest BCUT2D eigenvalue weighted by molar-refractivity contribution is 5.91. The third kappa shape index (κ3) is 3.17. The molecule has 0 spiro atoms. The predicted molar refractivity (Wildman–Crippen MR) is 58.4 cm³/mol. The van der Waals surface area contributed by atoms with Crippen molar-refractivity contribution in [2.75, 3.05) is 0 Å². The van der Waals surface area contributed by atoms with Crippen molar-refractivity contribution in [1.29, 1.82) is 0 Å². The molecule has 1 aromatic rings. The van der Waals surface area contributed by atoms with E-state index in [1.165, 1.54) is 0 Å². The molecule has 0 aliphatic heterocycles. The molecule has 0 aliphatic rings. The first-order chi connectivity index (χ1) is 7.17. The number of terminal acetylenes is 1. The molecule has 0 aromatic carbocycles. The van der Waals surface area contributed by atoms with Crippen LogP contribution in [0.15, 0.2) is 16.5 Å². The van der Waals surface area contributed by atoms with E-state index in [0.717, 1.165) is 12.2 Å². The van der Waals surface area contributed by atoms with E-state index in [2.05, 4.69) is 11.2 Å². The van der Waals surface area contributed by atoms with Gasteiger partial charge in [0.05, 0.1) is 0 Å². The van der Waals surface area contributed by atoms with Gasteiger partial charge in [-0.15, -0.1) is 12.3 Å². The molecule has 0 saturated heterocycles. The molecule has 0 bridgehead atoms. The Morgan fingerprint density at radius 2 is 2.40 bits per heavy atom. The molecule has 0 radical (unpaired) electrons. The van der Waals surface area contributed by atoms with Crippen LogP contribution in [0.2, 0.25) is 0 Å². The smallest absolute Gasteiger partial charge is 0.287 e. The summed E-state index contributed by atoms with van der Waals surface area (Å²) in [4.78, 5) is 11.6. The highest BCUT2D eigenvalue weighted by atomic mass is 16.3. The number of carbonyl (C=O) groups excluding carboxylic acids is 1. The van der Waals surface area contributed by atoms with Crippen molar-refractivity contribution in [2.45, 2.75) is 32.7 Å². The normalized spacial score (nSPS) is 11.8. The molecule has 1 rings (SSSR count). The molecule has 1 atom stereocenters. The summed E-state index contributed by atoms with van der Waals surface area (Å²) in [6.45, 7) is 3.78.